The fraction of sp³-hybridized carbons (Fsp3) is 0.286. The van der Waals surface area contributed by atoms with Gasteiger partial charge in [0.2, 0.25) is 0 Å². The largest absolute Gasteiger partial charge is 0.444 e. The Morgan fingerprint density at radius 2 is 1.84 bits per heavy atom. The van der Waals surface area contributed by atoms with Crippen LogP contribution in [0.5, 0.6) is 6.01 Å². The molecule has 0 N–H and O–H groups in total. The first-order chi connectivity index (χ1) is 14.8. The number of halogens is 3. The van der Waals surface area contributed by atoms with E-state index in [1.165, 1.54) is 12.3 Å². The summed E-state index contributed by atoms with van der Waals surface area (Å²) in [6.45, 7) is 2.74. The van der Waals surface area contributed by atoms with E-state index in [0.29, 0.717) is 43.9 Å². The van der Waals surface area contributed by atoms with E-state index in [1.807, 2.05) is 24.3 Å². The highest BCUT2D eigenvalue weighted by Crippen LogP contribution is 2.32. The second-order valence-electron chi connectivity index (χ2n) is 7.23. The van der Waals surface area contributed by atoms with Crippen molar-refractivity contribution in [2.45, 2.75) is 19.3 Å². The quantitative estimate of drug-likeness (QED) is 0.452. The summed E-state index contributed by atoms with van der Waals surface area (Å²) in [5, 5.41) is 10.9. The van der Waals surface area contributed by atoms with Gasteiger partial charge in [0.15, 0.2) is 0 Å². The molecule has 3 aromatic rings. The van der Waals surface area contributed by atoms with E-state index in [2.05, 4.69) is 9.88 Å². The maximum atomic E-state index is 12.9. The second kappa shape index (κ2) is 8.38. The number of nitrogens with zero attached hydrogens (tertiary/aromatic N) is 4. The Morgan fingerprint density at radius 1 is 1.06 bits per heavy atom. The van der Waals surface area contributed by atoms with Gasteiger partial charge in [-0.1, -0.05) is 36.4 Å². The lowest BCUT2D eigenvalue weighted by molar-refractivity contribution is -0.389. The summed E-state index contributed by atoms with van der Waals surface area (Å²) in [5.74, 6) is -0.242. The lowest BCUT2D eigenvalue weighted by atomic mass is 10.0. The zero-order valence-electron chi connectivity index (χ0n) is 16.4. The summed E-state index contributed by atoms with van der Waals surface area (Å²) < 4.78 is 46.0. The molecule has 0 spiro atoms. The predicted molar refractivity (Wildman–Crippen MR) is 107 cm³/mol. The average Bonchev–Trinajstić information content (AvgIpc) is 3.13. The summed E-state index contributed by atoms with van der Waals surface area (Å²) >= 11 is 0. The lowest BCUT2D eigenvalue weighted by Crippen LogP contribution is -2.33. The highest BCUT2D eigenvalue weighted by Gasteiger charge is 2.30. The molecular formula is C21H19F3N4O3. The SMILES string of the molecule is O=[N+]([O-])c1cn2c(n1)OCCN(Cc1ccc(-c3cccc(C(F)(F)F)c3)cc1)CC2. The molecule has 0 unspecified atom stereocenters. The van der Waals surface area contributed by atoms with Crippen molar-refractivity contribution in [3.8, 4) is 17.1 Å². The van der Waals surface area contributed by atoms with Gasteiger partial charge in [-0.25, -0.2) is 0 Å². The third kappa shape index (κ3) is 4.85. The van der Waals surface area contributed by atoms with Crippen molar-refractivity contribution in [3.05, 3.63) is 76.0 Å². The molecule has 0 amide bonds. The minimum Gasteiger partial charge on any atom is -0.444 e. The molecule has 0 fully saturated rings. The first-order valence-corrected chi connectivity index (χ1v) is 9.63. The van der Waals surface area contributed by atoms with Gasteiger partial charge in [0.25, 0.3) is 0 Å². The van der Waals surface area contributed by atoms with E-state index in [1.54, 1.807) is 10.6 Å². The Hall–Kier alpha value is -3.40. The van der Waals surface area contributed by atoms with Gasteiger partial charge in [0.05, 0.1) is 5.56 Å². The maximum Gasteiger partial charge on any atom is 0.416 e. The molecule has 1 aliphatic heterocycles. The van der Waals surface area contributed by atoms with Crippen LogP contribution in [0.15, 0.2) is 54.7 Å². The van der Waals surface area contributed by atoms with Gasteiger partial charge in [-0.3, -0.25) is 9.47 Å². The van der Waals surface area contributed by atoms with Gasteiger partial charge in [-0.15, -0.1) is 0 Å². The third-order valence-corrected chi connectivity index (χ3v) is 5.09. The van der Waals surface area contributed by atoms with Crippen molar-refractivity contribution in [3.63, 3.8) is 0 Å². The predicted octanol–water partition coefficient (Wildman–Crippen LogP) is 4.37. The number of hydrogen-bond acceptors (Lipinski definition) is 5. The topological polar surface area (TPSA) is 73.4 Å². The number of nitro groups is 1. The summed E-state index contributed by atoms with van der Waals surface area (Å²) in [6, 6.07) is 12.9. The second-order valence-corrected chi connectivity index (χ2v) is 7.23. The number of alkyl halides is 3. The van der Waals surface area contributed by atoms with E-state index < -0.39 is 16.7 Å². The van der Waals surface area contributed by atoms with Gasteiger partial charge in [0.1, 0.15) is 12.8 Å². The molecule has 0 radical (unpaired) electrons. The third-order valence-electron chi connectivity index (χ3n) is 5.09. The van der Waals surface area contributed by atoms with Gasteiger partial charge < -0.3 is 14.9 Å². The molecule has 1 aliphatic rings. The van der Waals surface area contributed by atoms with E-state index in [4.69, 9.17) is 4.74 Å². The molecule has 1 aromatic heterocycles. The van der Waals surface area contributed by atoms with Crippen LogP contribution in [0.25, 0.3) is 11.1 Å². The summed E-state index contributed by atoms with van der Waals surface area (Å²) in [6.07, 6.45) is -3.01. The maximum absolute atomic E-state index is 12.9. The zero-order valence-corrected chi connectivity index (χ0v) is 16.4. The van der Waals surface area contributed by atoms with Gasteiger partial charge in [-0.2, -0.15) is 13.2 Å². The normalized spacial score (nSPS) is 14.9. The van der Waals surface area contributed by atoms with Crippen molar-refractivity contribution in [1.29, 1.82) is 0 Å². The Bertz CT molecular complexity index is 1080. The van der Waals surface area contributed by atoms with Crippen LogP contribution in [0.2, 0.25) is 0 Å². The van der Waals surface area contributed by atoms with Crippen molar-refractivity contribution < 1.29 is 22.8 Å². The molecular weight excluding hydrogens is 413 g/mol. The number of rotatable bonds is 4. The molecule has 4 rings (SSSR count). The Labute approximate surface area is 175 Å². The van der Waals surface area contributed by atoms with E-state index in [0.717, 1.165) is 17.7 Å². The fourth-order valence-corrected chi connectivity index (χ4v) is 3.47. The van der Waals surface area contributed by atoms with Crippen LogP contribution in [0.1, 0.15) is 11.1 Å². The van der Waals surface area contributed by atoms with Gasteiger partial charge >= 0.3 is 18.0 Å². The molecule has 0 aliphatic carbocycles. The summed E-state index contributed by atoms with van der Waals surface area (Å²) in [7, 11) is 0. The lowest BCUT2D eigenvalue weighted by Gasteiger charge is -2.24. The van der Waals surface area contributed by atoms with Crippen LogP contribution >= 0.6 is 0 Å². The van der Waals surface area contributed by atoms with Crippen LogP contribution in [0.4, 0.5) is 19.0 Å². The Morgan fingerprint density at radius 3 is 2.55 bits per heavy atom. The van der Waals surface area contributed by atoms with Crippen LogP contribution in [0, 0.1) is 10.1 Å². The molecule has 0 saturated carbocycles. The number of imidazole rings is 1. The van der Waals surface area contributed by atoms with Crippen molar-refractivity contribution in [2.75, 3.05) is 19.7 Å². The van der Waals surface area contributed by atoms with Crippen LogP contribution < -0.4 is 4.74 Å². The molecule has 10 heteroatoms. The number of benzene rings is 2. The van der Waals surface area contributed by atoms with Gasteiger partial charge in [-0.05, 0) is 33.7 Å². The van der Waals surface area contributed by atoms with Crippen LogP contribution in [-0.2, 0) is 19.3 Å². The van der Waals surface area contributed by atoms with E-state index >= 15 is 0 Å². The Balaban J connectivity index is 1.43. The molecule has 31 heavy (non-hydrogen) atoms. The van der Waals surface area contributed by atoms with Crippen molar-refractivity contribution >= 4 is 5.82 Å². The highest BCUT2D eigenvalue weighted by molar-refractivity contribution is 5.64. The standard InChI is InChI=1S/C21H19F3N4O3/c22-21(23,24)18-3-1-2-17(12-18)16-6-4-15(5-7-16)13-26-8-9-27-14-19(28(29)30)25-20(27)31-11-10-26/h1-7,12,14H,8-11,13H2. The highest BCUT2D eigenvalue weighted by atomic mass is 19.4. The van der Waals surface area contributed by atoms with Crippen LogP contribution in [0.3, 0.4) is 0 Å². The molecule has 0 atom stereocenters. The minimum atomic E-state index is -4.38. The van der Waals surface area contributed by atoms with Crippen molar-refractivity contribution in [2.24, 2.45) is 0 Å². The number of aromatic nitrogens is 2. The molecule has 0 bridgehead atoms. The zero-order chi connectivity index (χ0) is 22.0. The van der Waals surface area contributed by atoms with E-state index in [-0.39, 0.29) is 11.8 Å². The van der Waals surface area contributed by atoms with Crippen LogP contribution in [-0.4, -0.2) is 39.1 Å². The van der Waals surface area contributed by atoms with Crippen molar-refractivity contribution in [1.82, 2.24) is 14.5 Å². The minimum absolute atomic E-state index is 0.242. The average molecular weight is 432 g/mol. The molecule has 0 saturated heterocycles. The number of fused-ring (bicyclic) bond motifs is 1. The monoisotopic (exact) mass is 432 g/mol. The Kier molecular flexibility index (Phi) is 5.64. The fourth-order valence-electron chi connectivity index (χ4n) is 3.47. The smallest absolute Gasteiger partial charge is 0.416 e. The van der Waals surface area contributed by atoms with Gasteiger partial charge in [0, 0.05) is 31.2 Å². The summed E-state index contributed by atoms with van der Waals surface area (Å²) in [5.41, 5.74) is 1.55. The summed E-state index contributed by atoms with van der Waals surface area (Å²) in [4.78, 5) is 16.4. The number of ether oxygens (including phenoxy) is 1. The molecule has 162 valence electrons. The number of hydrogen-bond donors (Lipinski definition) is 0. The first-order valence-electron chi connectivity index (χ1n) is 9.63. The molecule has 2 heterocycles. The first kappa shape index (κ1) is 20.9. The molecule has 7 nitrogen and oxygen atoms in total. The van der Waals surface area contributed by atoms with E-state index in [9.17, 15) is 23.3 Å². The molecule has 2 aromatic carbocycles.